The van der Waals surface area contributed by atoms with Crippen LogP contribution in [-0.4, -0.2) is 40.6 Å². The van der Waals surface area contributed by atoms with Crippen molar-refractivity contribution >= 4 is 17.6 Å². The minimum atomic E-state index is -0.450. The van der Waals surface area contributed by atoms with Gasteiger partial charge in [-0.3, -0.25) is 9.59 Å². The third kappa shape index (κ3) is 4.83. The Morgan fingerprint density at radius 3 is 2.30 bits per heavy atom. The van der Waals surface area contributed by atoms with Crippen molar-refractivity contribution in [3.8, 4) is 0 Å². The number of amides is 2. The van der Waals surface area contributed by atoms with Crippen molar-refractivity contribution < 1.29 is 9.59 Å². The first-order valence-corrected chi connectivity index (χ1v) is 6.37. The second-order valence-electron chi connectivity index (χ2n) is 5.49. The maximum absolute atomic E-state index is 11.9. The first-order chi connectivity index (χ1) is 9.23. The van der Waals surface area contributed by atoms with Crippen LogP contribution >= 0.6 is 0 Å². The second kappa shape index (κ2) is 6.31. The van der Waals surface area contributed by atoms with Gasteiger partial charge in [-0.05, 0) is 39.8 Å². The van der Waals surface area contributed by atoms with Gasteiger partial charge in [0.25, 0.3) is 5.91 Å². The highest BCUT2D eigenvalue weighted by molar-refractivity contribution is 5.92. The topological polar surface area (TPSA) is 96.0 Å². The van der Waals surface area contributed by atoms with E-state index in [4.69, 9.17) is 0 Å². The number of anilines is 1. The van der Waals surface area contributed by atoms with Gasteiger partial charge in [0.2, 0.25) is 5.91 Å². The first kappa shape index (κ1) is 15.9. The van der Waals surface area contributed by atoms with E-state index in [-0.39, 0.29) is 23.0 Å². The minimum Gasteiger partial charge on any atom is -0.357 e. The van der Waals surface area contributed by atoms with E-state index in [0.29, 0.717) is 5.82 Å². The monoisotopic (exact) mass is 279 g/mol. The summed E-state index contributed by atoms with van der Waals surface area (Å²) < 4.78 is 0. The fourth-order valence-corrected chi connectivity index (χ4v) is 1.42. The van der Waals surface area contributed by atoms with Crippen LogP contribution in [0.5, 0.6) is 0 Å². The maximum Gasteiger partial charge on any atom is 0.271 e. The number of carbonyl (C=O) groups excluding carboxylic acids is 2. The Labute approximate surface area is 118 Å². The van der Waals surface area contributed by atoms with Crippen LogP contribution < -0.4 is 16.0 Å². The summed E-state index contributed by atoms with van der Waals surface area (Å²) in [6, 6.07) is 2.70. The van der Waals surface area contributed by atoms with Crippen LogP contribution in [0.3, 0.4) is 0 Å². The van der Waals surface area contributed by atoms with Gasteiger partial charge in [-0.2, -0.15) is 0 Å². The first-order valence-electron chi connectivity index (χ1n) is 6.37. The highest BCUT2D eigenvalue weighted by Crippen LogP contribution is 2.06. The molecule has 7 heteroatoms. The normalized spacial score (nSPS) is 12.4. The lowest BCUT2D eigenvalue weighted by Gasteiger charge is -2.23. The van der Waals surface area contributed by atoms with Gasteiger partial charge < -0.3 is 16.0 Å². The number of hydrogen-bond donors (Lipinski definition) is 3. The van der Waals surface area contributed by atoms with Crippen molar-refractivity contribution in [3.63, 3.8) is 0 Å². The van der Waals surface area contributed by atoms with Gasteiger partial charge in [0.1, 0.15) is 11.9 Å². The summed E-state index contributed by atoms with van der Waals surface area (Å²) in [6.45, 7) is 7.47. The quantitative estimate of drug-likeness (QED) is 0.748. The summed E-state index contributed by atoms with van der Waals surface area (Å²) in [4.78, 5) is 23.2. The number of nitrogens with zero attached hydrogens (tertiary/aromatic N) is 2. The van der Waals surface area contributed by atoms with Crippen LogP contribution in [0.2, 0.25) is 0 Å². The molecule has 1 heterocycles. The lowest BCUT2D eigenvalue weighted by atomic mass is 10.1. The predicted molar refractivity (Wildman–Crippen MR) is 76.4 cm³/mol. The van der Waals surface area contributed by atoms with Gasteiger partial charge in [0, 0.05) is 12.6 Å². The lowest BCUT2D eigenvalue weighted by Crippen LogP contribution is -2.47. The number of rotatable bonds is 4. The van der Waals surface area contributed by atoms with Gasteiger partial charge in [-0.25, -0.2) is 0 Å². The molecule has 110 valence electrons. The van der Waals surface area contributed by atoms with E-state index >= 15 is 0 Å². The van der Waals surface area contributed by atoms with Crippen LogP contribution in [-0.2, 0) is 4.79 Å². The molecule has 1 aromatic rings. The molecule has 1 atom stereocenters. The molecule has 3 N–H and O–H groups in total. The second-order valence-corrected chi connectivity index (χ2v) is 5.49. The predicted octanol–water partition coefficient (Wildman–Crippen LogP) is 0.551. The number of nitrogens with one attached hydrogen (secondary N) is 3. The summed E-state index contributed by atoms with van der Waals surface area (Å²) in [5.74, 6) is 0.00599. The highest BCUT2D eigenvalue weighted by Gasteiger charge is 2.19. The third-order valence-corrected chi connectivity index (χ3v) is 2.38. The van der Waals surface area contributed by atoms with E-state index < -0.39 is 6.04 Å². The minimum absolute atomic E-state index is 0.130. The highest BCUT2D eigenvalue weighted by atomic mass is 16.2. The smallest absolute Gasteiger partial charge is 0.271 e. The molecule has 0 aromatic carbocycles. The summed E-state index contributed by atoms with van der Waals surface area (Å²) in [5, 5.41) is 15.9. The van der Waals surface area contributed by atoms with Crippen LogP contribution in [0, 0.1) is 0 Å². The van der Waals surface area contributed by atoms with Crippen LogP contribution in [0.15, 0.2) is 12.1 Å². The average molecular weight is 279 g/mol. The van der Waals surface area contributed by atoms with Crippen LogP contribution in [0.4, 0.5) is 5.82 Å². The van der Waals surface area contributed by atoms with E-state index in [1.54, 1.807) is 19.1 Å². The lowest BCUT2D eigenvalue weighted by molar-refractivity contribution is -0.122. The van der Waals surface area contributed by atoms with Crippen LogP contribution in [0.1, 0.15) is 38.2 Å². The molecule has 1 aromatic heterocycles. The van der Waals surface area contributed by atoms with Crippen molar-refractivity contribution in [2.75, 3.05) is 12.4 Å². The Balaban J connectivity index is 2.64. The third-order valence-electron chi connectivity index (χ3n) is 2.38. The molecular weight excluding hydrogens is 258 g/mol. The number of hydrogen-bond acceptors (Lipinski definition) is 5. The Bertz CT molecular complexity index is 479. The van der Waals surface area contributed by atoms with E-state index in [1.807, 2.05) is 20.8 Å². The molecule has 1 unspecified atom stereocenters. The molecule has 0 aliphatic heterocycles. The Hall–Kier alpha value is -2.18. The van der Waals surface area contributed by atoms with Crippen molar-refractivity contribution in [3.05, 3.63) is 17.8 Å². The molecule has 0 radical (unpaired) electrons. The average Bonchev–Trinajstić information content (AvgIpc) is 2.36. The largest absolute Gasteiger partial charge is 0.357 e. The SMILES string of the molecule is CNC(=O)c1ccc(NC(C)C(=O)NC(C)(C)C)nn1. The molecule has 0 fully saturated rings. The van der Waals surface area contributed by atoms with Gasteiger partial charge in [0.15, 0.2) is 5.69 Å². The van der Waals surface area contributed by atoms with Gasteiger partial charge in [-0.15, -0.1) is 10.2 Å². The number of carbonyl (C=O) groups is 2. The fraction of sp³-hybridized carbons (Fsp3) is 0.538. The molecule has 20 heavy (non-hydrogen) atoms. The van der Waals surface area contributed by atoms with E-state index in [9.17, 15) is 9.59 Å². The van der Waals surface area contributed by atoms with Crippen molar-refractivity contribution in [1.82, 2.24) is 20.8 Å². The van der Waals surface area contributed by atoms with E-state index in [0.717, 1.165) is 0 Å². The molecule has 7 nitrogen and oxygen atoms in total. The van der Waals surface area contributed by atoms with Crippen molar-refractivity contribution in [2.24, 2.45) is 0 Å². The zero-order valence-corrected chi connectivity index (χ0v) is 12.4. The molecule has 0 saturated carbocycles. The Morgan fingerprint density at radius 2 is 1.85 bits per heavy atom. The van der Waals surface area contributed by atoms with Gasteiger partial charge >= 0.3 is 0 Å². The van der Waals surface area contributed by atoms with Crippen LogP contribution in [0.25, 0.3) is 0 Å². The summed E-state index contributed by atoms with van der Waals surface area (Å²) >= 11 is 0. The van der Waals surface area contributed by atoms with Gasteiger partial charge in [-0.1, -0.05) is 0 Å². The molecule has 0 aliphatic rings. The molecule has 1 rings (SSSR count). The van der Waals surface area contributed by atoms with Crippen molar-refractivity contribution in [1.29, 1.82) is 0 Å². The molecule has 0 aliphatic carbocycles. The standard InChI is InChI=1S/C13H21N5O2/c1-8(11(19)16-13(2,3)4)15-10-7-6-9(17-18-10)12(20)14-5/h6-8H,1-5H3,(H,14,20)(H,15,18)(H,16,19). The molecular formula is C13H21N5O2. The Kier molecular flexibility index (Phi) is 5.01. The zero-order chi connectivity index (χ0) is 15.3. The zero-order valence-electron chi connectivity index (χ0n) is 12.4. The molecule has 0 spiro atoms. The maximum atomic E-state index is 11.9. The van der Waals surface area contributed by atoms with Gasteiger partial charge in [0.05, 0.1) is 0 Å². The summed E-state index contributed by atoms with van der Waals surface area (Å²) in [5.41, 5.74) is -0.0632. The summed E-state index contributed by atoms with van der Waals surface area (Å²) in [6.07, 6.45) is 0. The summed E-state index contributed by atoms with van der Waals surface area (Å²) in [7, 11) is 1.52. The fourth-order valence-electron chi connectivity index (χ4n) is 1.42. The van der Waals surface area contributed by atoms with E-state index in [2.05, 4.69) is 26.1 Å². The van der Waals surface area contributed by atoms with Crippen molar-refractivity contribution in [2.45, 2.75) is 39.3 Å². The molecule has 2 amide bonds. The van der Waals surface area contributed by atoms with E-state index in [1.165, 1.54) is 7.05 Å². The molecule has 0 bridgehead atoms. The Morgan fingerprint density at radius 1 is 1.20 bits per heavy atom. The number of aromatic nitrogens is 2. The molecule has 0 saturated heterocycles.